The standard InChI is InChI=1S/C19H27N3O3/c1-14(23)16-8-10-18(11-9-16)22(15(2)24)13-12-20-19(25)21-17-6-4-3-5-7-17/h8-11,17H,3-7,12-13H2,1-2H3,(H2,20,21,25). The molecular weight excluding hydrogens is 318 g/mol. The molecule has 0 radical (unpaired) electrons. The highest BCUT2D eigenvalue weighted by Crippen LogP contribution is 2.17. The third kappa shape index (κ3) is 5.89. The number of amides is 3. The molecule has 0 bridgehead atoms. The van der Waals surface area contributed by atoms with Crippen LogP contribution in [0.4, 0.5) is 10.5 Å². The monoisotopic (exact) mass is 345 g/mol. The van der Waals surface area contributed by atoms with Gasteiger partial charge in [-0.05, 0) is 44.0 Å². The molecule has 25 heavy (non-hydrogen) atoms. The molecule has 3 amide bonds. The summed E-state index contributed by atoms with van der Waals surface area (Å²) in [7, 11) is 0. The quantitative estimate of drug-likeness (QED) is 0.778. The molecule has 0 saturated heterocycles. The van der Waals surface area contributed by atoms with Crippen LogP contribution in [0.5, 0.6) is 0 Å². The van der Waals surface area contributed by atoms with Crippen molar-refractivity contribution in [3.63, 3.8) is 0 Å². The summed E-state index contributed by atoms with van der Waals surface area (Å²) in [5.74, 6) is -0.118. The average Bonchev–Trinajstić information content (AvgIpc) is 2.59. The van der Waals surface area contributed by atoms with Crippen molar-refractivity contribution in [2.45, 2.75) is 52.0 Å². The second kappa shape index (κ2) is 9.20. The highest BCUT2D eigenvalue weighted by atomic mass is 16.2. The lowest BCUT2D eigenvalue weighted by atomic mass is 9.96. The second-order valence-corrected chi connectivity index (χ2v) is 6.51. The van der Waals surface area contributed by atoms with Crippen LogP contribution in [-0.2, 0) is 4.79 Å². The number of carbonyl (C=O) groups excluding carboxylic acids is 3. The van der Waals surface area contributed by atoms with Gasteiger partial charge in [0.05, 0.1) is 0 Å². The summed E-state index contributed by atoms with van der Waals surface area (Å²) in [6.45, 7) is 3.74. The molecule has 0 aliphatic heterocycles. The van der Waals surface area contributed by atoms with Crippen molar-refractivity contribution < 1.29 is 14.4 Å². The van der Waals surface area contributed by atoms with Gasteiger partial charge in [0.2, 0.25) is 5.91 Å². The number of nitrogens with one attached hydrogen (secondary N) is 2. The van der Waals surface area contributed by atoms with E-state index in [1.165, 1.54) is 33.1 Å². The van der Waals surface area contributed by atoms with Gasteiger partial charge in [-0.25, -0.2) is 4.79 Å². The Morgan fingerprint density at radius 1 is 1.04 bits per heavy atom. The Labute approximate surface area is 149 Å². The maximum Gasteiger partial charge on any atom is 0.315 e. The van der Waals surface area contributed by atoms with Crippen molar-refractivity contribution in [2.24, 2.45) is 0 Å². The zero-order chi connectivity index (χ0) is 18.2. The summed E-state index contributed by atoms with van der Waals surface area (Å²) < 4.78 is 0. The fourth-order valence-electron chi connectivity index (χ4n) is 3.11. The fourth-order valence-corrected chi connectivity index (χ4v) is 3.11. The molecule has 0 aromatic heterocycles. The number of anilines is 1. The molecule has 0 heterocycles. The number of carbonyl (C=O) groups is 3. The highest BCUT2D eigenvalue weighted by molar-refractivity contribution is 5.96. The van der Waals surface area contributed by atoms with Crippen molar-refractivity contribution in [3.8, 4) is 0 Å². The van der Waals surface area contributed by atoms with E-state index < -0.39 is 0 Å². The van der Waals surface area contributed by atoms with Crippen molar-refractivity contribution in [1.29, 1.82) is 0 Å². The fraction of sp³-hybridized carbons (Fsp3) is 0.526. The van der Waals surface area contributed by atoms with Crippen molar-refractivity contribution in [1.82, 2.24) is 10.6 Å². The van der Waals surface area contributed by atoms with Crippen molar-refractivity contribution >= 4 is 23.4 Å². The van der Waals surface area contributed by atoms with E-state index in [9.17, 15) is 14.4 Å². The van der Waals surface area contributed by atoms with E-state index in [2.05, 4.69) is 10.6 Å². The summed E-state index contributed by atoms with van der Waals surface area (Å²) in [5, 5.41) is 5.81. The summed E-state index contributed by atoms with van der Waals surface area (Å²) in [6, 6.07) is 6.99. The van der Waals surface area contributed by atoms with E-state index in [-0.39, 0.29) is 23.8 Å². The first-order chi connectivity index (χ1) is 12.0. The predicted molar refractivity (Wildman–Crippen MR) is 97.9 cm³/mol. The molecule has 2 rings (SSSR count). The molecule has 1 aliphatic carbocycles. The first-order valence-corrected chi connectivity index (χ1v) is 8.91. The minimum absolute atomic E-state index is 0.0121. The van der Waals surface area contributed by atoms with Gasteiger partial charge in [0.1, 0.15) is 0 Å². The van der Waals surface area contributed by atoms with Crippen molar-refractivity contribution in [2.75, 3.05) is 18.0 Å². The lowest BCUT2D eigenvalue weighted by Crippen LogP contribution is -2.45. The second-order valence-electron chi connectivity index (χ2n) is 6.51. The summed E-state index contributed by atoms with van der Waals surface area (Å²) in [4.78, 5) is 36.8. The summed E-state index contributed by atoms with van der Waals surface area (Å²) in [6.07, 6.45) is 5.65. The predicted octanol–water partition coefficient (Wildman–Crippen LogP) is 2.87. The Bertz CT molecular complexity index is 607. The number of rotatable bonds is 6. The van der Waals surface area contributed by atoms with Gasteiger partial charge in [0, 0.05) is 37.3 Å². The van der Waals surface area contributed by atoms with Crippen LogP contribution in [-0.4, -0.2) is 36.9 Å². The van der Waals surface area contributed by atoms with Crippen molar-refractivity contribution in [3.05, 3.63) is 29.8 Å². The zero-order valence-corrected chi connectivity index (χ0v) is 15.0. The number of ketones is 1. The Hall–Kier alpha value is -2.37. The van der Waals surface area contributed by atoms with Gasteiger partial charge in [-0.15, -0.1) is 0 Å². The van der Waals surface area contributed by atoms with Gasteiger partial charge in [-0.2, -0.15) is 0 Å². The van der Waals surface area contributed by atoms with E-state index >= 15 is 0 Å². The molecule has 1 aromatic carbocycles. The number of benzene rings is 1. The molecular formula is C19H27N3O3. The maximum atomic E-state index is 12.0. The molecule has 136 valence electrons. The zero-order valence-electron chi connectivity index (χ0n) is 15.0. The Morgan fingerprint density at radius 2 is 1.68 bits per heavy atom. The molecule has 1 saturated carbocycles. The largest absolute Gasteiger partial charge is 0.336 e. The topological polar surface area (TPSA) is 78.5 Å². The van der Waals surface area contributed by atoms with Crippen LogP contribution in [0.3, 0.4) is 0 Å². The van der Waals surface area contributed by atoms with Crippen LogP contribution in [0, 0.1) is 0 Å². The molecule has 0 spiro atoms. The SMILES string of the molecule is CC(=O)c1ccc(N(CCNC(=O)NC2CCCCC2)C(C)=O)cc1. The first kappa shape index (κ1) is 19.0. The summed E-state index contributed by atoms with van der Waals surface area (Å²) >= 11 is 0. The van der Waals surface area contributed by atoms with Crippen LogP contribution in [0.15, 0.2) is 24.3 Å². The van der Waals surface area contributed by atoms with E-state index in [0.29, 0.717) is 24.3 Å². The van der Waals surface area contributed by atoms with Gasteiger partial charge in [0.15, 0.2) is 5.78 Å². The third-order valence-electron chi connectivity index (χ3n) is 4.53. The molecule has 0 unspecified atom stereocenters. The minimum atomic E-state index is -0.178. The minimum Gasteiger partial charge on any atom is -0.336 e. The van der Waals surface area contributed by atoms with Crippen LogP contribution in [0.25, 0.3) is 0 Å². The number of hydrogen-bond donors (Lipinski definition) is 2. The molecule has 1 aromatic rings. The number of hydrogen-bond acceptors (Lipinski definition) is 3. The number of nitrogens with zero attached hydrogens (tertiary/aromatic N) is 1. The average molecular weight is 345 g/mol. The van der Waals surface area contributed by atoms with E-state index in [4.69, 9.17) is 0 Å². The highest BCUT2D eigenvalue weighted by Gasteiger charge is 2.16. The molecule has 1 aliphatic rings. The molecule has 2 N–H and O–H groups in total. The third-order valence-corrected chi connectivity index (χ3v) is 4.53. The van der Waals surface area contributed by atoms with E-state index in [0.717, 1.165) is 12.8 Å². The maximum absolute atomic E-state index is 12.0. The van der Waals surface area contributed by atoms with Crippen LogP contribution in [0.1, 0.15) is 56.3 Å². The van der Waals surface area contributed by atoms with Gasteiger partial charge >= 0.3 is 6.03 Å². The van der Waals surface area contributed by atoms with Gasteiger partial charge in [-0.1, -0.05) is 19.3 Å². The van der Waals surface area contributed by atoms with Crippen LogP contribution < -0.4 is 15.5 Å². The van der Waals surface area contributed by atoms with Gasteiger partial charge in [0.25, 0.3) is 0 Å². The molecule has 6 heteroatoms. The molecule has 1 fully saturated rings. The lowest BCUT2D eigenvalue weighted by Gasteiger charge is -2.24. The van der Waals surface area contributed by atoms with E-state index in [1.807, 2.05) is 0 Å². The molecule has 0 atom stereocenters. The first-order valence-electron chi connectivity index (χ1n) is 8.91. The van der Waals surface area contributed by atoms with Crippen LogP contribution in [0.2, 0.25) is 0 Å². The Balaban J connectivity index is 1.83. The smallest absolute Gasteiger partial charge is 0.315 e. The van der Waals surface area contributed by atoms with E-state index in [1.54, 1.807) is 29.2 Å². The Kier molecular flexibility index (Phi) is 6.98. The Morgan fingerprint density at radius 3 is 2.24 bits per heavy atom. The number of urea groups is 1. The summed E-state index contributed by atoms with van der Waals surface area (Å²) in [5.41, 5.74) is 1.32. The van der Waals surface area contributed by atoms with Gasteiger partial charge < -0.3 is 15.5 Å². The van der Waals surface area contributed by atoms with Crippen LogP contribution >= 0.6 is 0 Å². The molecule has 6 nitrogen and oxygen atoms in total. The lowest BCUT2D eigenvalue weighted by molar-refractivity contribution is -0.116. The number of Topliss-reactive ketones (excluding diaryl/α,β-unsaturated/α-hetero) is 1. The normalized spacial score (nSPS) is 14.6. The van der Waals surface area contributed by atoms with Gasteiger partial charge in [-0.3, -0.25) is 9.59 Å².